The van der Waals surface area contributed by atoms with Crippen molar-refractivity contribution >= 4 is 29.9 Å². The number of likely N-dealkylation sites (tertiary alicyclic amines) is 1. The molecule has 2 heterocycles. The molecule has 0 amide bonds. The number of nitrogens with zero attached hydrogens (tertiary/aromatic N) is 3. The van der Waals surface area contributed by atoms with Crippen LogP contribution in [0.15, 0.2) is 53.7 Å². The van der Waals surface area contributed by atoms with E-state index in [1.54, 1.807) is 0 Å². The zero-order valence-electron chi connectivity index (χ0n) is 19.2. The molecule has 0 radical (unpaired) electrons. The summed E-state index contributed by atoms with van der Waals surface area (Å²) >= 11 is 0. The third-order valence-corrected chi connectivity index (χ3v) is 6.35. The molecule has 1 unspecified atom stereocenters. The van der Waals surface area contributed by atoms with Gasteiger partial charge >= 0.3 is 0 Å². The van der Waals surface area contributed by atoms with E-state index in [2.05, 4.69) is 62.8 Å². The van der Waals surface area contributed by atoms with Gasteiger partial charge in [-0.2, -0.15) is 0 Å². The molecular formula is C25H36IN5O. The minimum absolute atomic E-state index is 0. The number of pyridine rings is 1. The Morgan fingerprint density at radius 3 is 2.59 bits per heavy atom. The average molecular weight is 550 g/mol. The minimum atomic E-state index is 0. The van der Waals surface area contributed by atoms with Gasteiger partial charge < -0.3 is 15.4 Å². The molecule has 7 heteroatoms. The summed E-state index contributed by atoms with van der Waals surface area (Å²) in [7, 11) is 1.83. The minimum Gasteiger partial charge on any atom is -0.477 e. The van der Waals surface area contributed by atoms with Crippen molar-refractivity contribution < 1.29 is 4.74 Å². The fraction of sp³-hybridized carbons (Fsp3) is 0.520. The van der Waals surface area contributed by atoms with Gasteiger partial charge in [-0.1, -0.05) is 30.3 Å². The van der Waals surface area contributed by atoms with Gasteiger partial charge in [-0.25, -0.2) is 4.98 Å². The maximum absolute atomic E-state index is 5.80. The van der Waals surface area contributed by atoms with Crippen LogP contribution in [-0.2, 0) is 6.54 Å². The zero-order chi connectivity index (χ0) is 21.5. The smallest absolute Gasteiger partial charge is 0.213 e. The van der Waals surface area contributed by atoms with Crippen molar-refractivity contribution in [3.05, 3.63) is 59.8 Å². The normalized spacial score (nSPS) is 18.5. The number of guanidine groups is 1. The summed E-state index contributed by atoms with van der Waals surface area (Å²) in [6.07, 6.45) is 6.62. The maximum atomic E-state index is 5.80. The Morgan fingerprint density at radius 1 is 1.16 bits per heavy atom. The highest BCUT2D eigenvalue weighted by Crippen LogP contribution is 2.29. The molecule has 1 saturated heterocycles. The van der Waals surface area contributed by atoms with Gasteiger partial charge in [-0.3, -0.25) is 9.89 Å². The van der Waals surface area contributed by atoms with Crippen LogP contribution in [0, 0.1) is 5.92 Å². The summed E-state index contributed by atoms with van der Waals surface area (Å²) in [4.78, 5) is 11.3. The predicted octanol–water partition coefficient (Wildman–Crippen LogP) is 4.38. The monoisotopic (exact) mass is 549 g/mol. The van der Waals surface area contributed by atoms with Gasteiger partial charge in [-0.05, 0) is 55.7 Å². The number of hydrogen-bond donors (Lipinski definition) is 2. The summed E-state index contributed by atoms with van der Waals surface area (Å²) in [5, 5.41) is 7.04. The molecule has 1 atom stereocenters. The van der Waals surface area contributed by atoms with Crippen molar-refractivity contribution in [1.82, 2.24) is 20.5 Å². The van der Waals surface area contributed by atoms with E-state index in [0.717, 1.165) is 50.0 Å². The van der Waals surface area contributed by atoms with Gasteiger partial charge in [0.2, 0.25) is 5.88 Å². The van der Waals surface area contributed by atoms with Crippen molar-refractivity contribution in [2.45, 2.75) is 51.2 Å². The van der Waals surface area contributed by atoms with Crippen LogP contribution in [-0.4, -0.2) is 48.6 Å². The molecule has 2 fully saturated rings. The molecule has 0 bridgehead atoms. The summed E-state index contributed by atoms with van der Waals surface area (Å²) < 4.78 is 5.80. The van der Waals surface area contributed by atoms with Crippen LogP contribution in [0.1, 0.15) is 49.8 Å². The molecular weight excluding hydrogens is 513 g/mol. The topological polar surface area (TPSA) is 61.8 Å². The number of halogens is 1. The first-order valence-corrected chi connectivity index (χ1v) is 11.5. The van der Waals surface area contributed by atoms with Crippen molar-refractivity contribution in [2.24, 2.45) is 10.9 Å². The predicted molar refractivity (Wildman–Crippen MR) is 141 cm³/mol. The Bertz CT molecular complexity index is 850. The van der Waals surface area contributed by atoms with Gasteiger partial charge in [0, 0.05) is 51.0 Å². The molecule has 4 rings (SSSR count). The van der Waals surface area contributed by atoms with E-state index >= 15 is 0 Å². The first-order chi connectivity index (χ1) is 15.2. The van der Waals surface area contributed by atoms with Gasteiger partial charge in [0.25, 0.3) is 0 Å². The molecule has 1 aliphatic carbocycles. The highest BCUT2D eigenvalue weighted by Gasteiger charge is 2.24. The summed E-state index contributed by atoms with van der Waals surface area (Å²) in [6, 6.07) is 15.7. The van der Waals surface area contributed by atoms with Crippen LogP contribution in [0.2, 0.25) is 0 Å². The van der Waals surface area contributed by atoms with E-state index in [4.69, 9.17) is 4.74 Å². The Hall–Kier alpha value is -1.87. The van der Waals surface area contributed by atoms with Crippen molar-refractivity contribution in [1.29, 1.82) is 0 Å². The van der Waals surface area contributed by atoms with Crippen molar-refractivity contribution in [3.63, 3.8) is 0 Å². The van der Waals surface area contributed by atoms with E-state index in [9.17, 15) is 0 Å². The lowest BCUT2D eigenvalue weighted by Gasteiger charge is -2.37. The van der Waals surface area contributed by atoms with E-state index in [1.807, 2.05) is 25.4 Å². The molecule has 6 nitrogen and oxygen atoms in total. The van der Waals surface area contributed by atoms with Gasteiger partial charge in [0.15, 0.2) is 5.96 Å². The molecule has 1 aliphatic heterocycles. The Labute approximate surface area is 209 Å². The molecule has 1 saturated carbocycles. The van der Waals surface area contributed by atoms with Crippen LogP contribution in [0.5, 0.6) is 5.88 Å². The van der Waals surface area contributed by atoms with Crippen LogP contribution in [0.25, 0.3) is 0 Å². The Morgan fingerprint density at radius 2 is 1.91 bits per heavy atom. The molecule has 2 aliphatic rings. The van der Waals surface area contributed by atoms with Crippen LogP contribution in [0.3, 0.4) is 0 Å². The second kappa shape index (κ2) is 12.4. The Kier molecular flexibility index (Phi) is 9.59. The number of nitrogens with one attached hydrogen (secondary N) is 2. The third kappa shape index (κ3) is 7.33. The number of hydrogen-bond acceptors (Lipinski definition) is 4. The molecule has 2 aromatic rings. The number of piperidine rings is 1. The lowest BCUT2D eigenvalue weighted by atomic mass is 10.0. The number of aliphatic imine (C=N–C) groups is 1. The van der Waals surface area contributed by atoms with Gasteiger partial charge in [0.1, 0.15) is 0 Å². The SMILES string of the molecule is CN=C(NCc1ccnc(OCC2CC2)c1)NC1CCN(C(C)c2ccccc2)CC1.I. The number of ether oxygens (including phenoxy) is 1. The first kappa shape index (κ1) is 24.8. The quantitative estimate of drug-likeness (QED) is 0.291. The molecule has 1 aromatic carbocycles. The van der Waals surface area contributed by atoms with E-state index < -0.39 is 0 Å². The van der Waals surface area contributed by atoms with Crippen molar-refractivity contribution in [2.75, 3.05) is 26.7 Å². The molecule has 32 heavy (non-hydrogen) atoms. The molecule has 174 valence electrons. The van der Waals surface area contributed by atoms with Crippen LogP contribution < -0.4 is 15.4 Å². The zero-order valence-corrected chi connectivity index (χ0v) is 21.5. The third-order valence-electron chi connectivity index (χ3n) is 6.35. The lowest BCUT2D eigenvalue weighted by Crippen LogP contribution is -2.48. The number of rotatable bonds is 8. The second-order valence-corrected chi connectivity index (χ2v) is 8.72. The first-order valence-electron chi connectivity index (χ1n) is 11.5. The van der Waals surface area contributed by atoms with E-state index in [1.165, 1.54) is 18.4 Å². The Balaban J connectivity index is 0.00000289. The fourth-order valence-electron chi connectivity index (χ4n) is 4.07. The molecule has 0 spiro atoms. The number of benzene rings is 1. The average Bonchev–Trinajstić information content (AvgIpc) is 3.66. The van der Waals surface area contributed by atoms with Crippen LogP contribution >= 0.6 is 24.0 Å². The number of aromatic nitrogens is 1. The highest BCUT2D eigenvalue weighted by atomic mass is 127. The van der Waals surface area contributed by atoms with Gasteiger partial charge in [-0.15, -0.1) is 24.0 Å². The highest BCUT2D eigenvalue weighted by molar-refractivity contribution is 14.0. The molecule has 2 N–H and O–H groups in total. The summed E-state index contributed by atoms with van der Waals surface area (Å²) in [6.45, 7) is 5.98. The van der Waals surface area contributed by atoms with Crippen molar-refractivity contribution in [3.8, 4) is 5.88 Å². The van der Waals surface area contributed by atoms with Crippen LogP contribution in [0.4, 0.5) is 0 Å². The second-order valence-electron chi connectivity index (χ2n) is 8.72. The largest absolute Gasteiger partial charge is 0.477 e. The van der Waals surface area contributed by atoms with E-state index in [-0.39, 0.29) is 24.0 Å². The summed E-state index contributed by atoms with van der Waals surface area (Å²) in [5.41, 5.74) is 2.54. The summed E-state index contributed by atoms with van der Waals surface area (Å²) in [5.74, 6) is 2.30. The van der Waals surface area contributed by atoms with Gasteiger partial charge in [0.05, 0.1) is 6.61 Å². The maximum Gasteiger partial charge on any atom is 0.213 e. The fourth-order valence-corrected chi connectivity index (χ4v) is 4.07. The molecule has 1 aromatic heterocycles. The lowest BCUT2D eigenvalue weighted by molar-refractivity contribution is 0.158. The standard InChI is InChI=1S/C25H35N5O.HI/c1-19(22-6-4-3-5-7-22)30-14-11-23(12-15-30)29-25(26-2)28-17-21-10-13-27-24(16-21)31-18-20-8-9-20;/h3-7,10,13,16,19-20,23H,8-9,11-12,14-15,17-18H2,1-2H3,(H2,26,28,29);1H. The van der Waals surface area contributed by atoms with E-state index in [0.29, 0.717) is 24.5 Å².